The van der Waals surface area contributed by atoms with Crippen molar-refractivity contribution in [2.24, 2.45) is 0 Å². The summed E-state index contributed by atoms with van der Waals surface area (Å²) in [5.41, 5.74) is 1.47. The largest absolute Gasteiger partial charge is 0.317 e. The van der Waals surface area contributed by atoms with Crippen molar-refractivity contribution < 1.29 is 0 Å². The Bertz CT molecular complexity index is 181. The van der Waals surface area contributed by atoms with Crippen LogP contribution in [0.5, 0.6) is 0 Å². The third kappa shape index (κ3) is 3.04. The molecule has 0 spiro atoms. The minimum atomic E-state index is 0.634. The van der Waals surface area contributed by atoms with Gasteiger partial charge < -0.3 is 5.32 Å². The molecule has 1 aromatic rings. The zero-order chi connectivity index (χ0) is 8.10. The average molecular weight is 169 g/mol. The van der Waals surface area contributed by atoms with Crippen LogP contribution in [0.2, 0.25) is 0 Å². The molecular formula is C9H15NS. The van der Waals surface area contributed by atoms with Gasteiger partial charge in [0.25, 0.3) is 0 Å². The second-order valence-electron chi connectivity index (χ2n) is 2.86. The van der Waals surface area contributed by atoms with Gasteiger partial charge in [-0.05, 0) is 49.2 Å². The first-order valence-corrected chi connectivity index (χ1v) is 4.95. The van der Waals surface area contributed by atoms with Crippen molar-refractivity contribution in [2.45, 2.75) is 25.8 Å². The zero-order valence-corrected chi connectivity index (χ0v) is 7.95. The smallest absolute Gasteiger partial charge is 0.00388 e. The molecule has 1 N–H and O–H groups in total. The number of aryl methyl sites for hydroxylation is 1. The highest BCUT2D eigenvalue weighted by atomic mass is 32.1. The Morgan fingerprint density at radius 3 is 3.00 bits per heavy atom. The van der Waals surface area contributed by atoms with E-state index in [1.807, 2.05) is 7.05 Å². The van der Waals surface area contributed by atoms with Gasteiger partial charge in [0.15, 0.2) is 0 Å². The van der Waals surface area contributed by atoms with Gasteiger partial charge in [-0.25, -0.2) is 0 Å². The Balaban J connectivity index is 2.23. The third-order valence-electron chi connectivity index (χ3n) is 1.94. The van der Waals surface area contributed by atoms with Crippen LogP contribution in [-0.4, -0.2) is 13.1 Å². The molecule has 0 amide bonds. The fourth-order valence-corrected chi connectivity index (χ4v) is 1.67. The highest BCUT2D eigenvalue weighted by Crippen LogP contribution is 2.09. The summed E-state index contributed by atoms with van der Waals surface area (Å²) < 4.78 is 0. The van der Waals surface area contributed by atoms with Crippen molar-refractivity contribution in [3.63, 3.8) is 0 Å². The lowest BCUT2D eigenvalue weighted by atomic mass is 10.1. The Hall–Kier alpha value is -0.340. The van der Waals surface area contributed by atoms with E-state index < -0.39 is 0 Å². The molecule has 0 saturated heterocycles. The van der Waals surface area contributed by atoms with Gasteiger partial charge >= 0.3 is 0 Å². The van der Waals surface area contributed by atoms with Gasteiger partial charge in [0, 0.05) is 6.04 Å². The molecular weight excluding hydrogens is 154 g/mol. The fraction of sp³-hybridized carbons (Fsp3) is 0.556. The Morgan fingerprint density at radius 1 is 1.64 bits per heavy atom. The van der Waals surface area contributed by atoms with Gasteiger partial charge in [0.2, 0.25) is 0 Å². The van der Waals surface area contributed by atoms with Crippen LogP contribution in [0.3, 0.4) is 0 Å². The number of hydrogen-bond acceptors (Lipinski definition) is 2. The third-order valence-corrected chi connectivity index (χ3v) is 2.67. The summed E-state index contributed by atoms with van der Waals surface area (Å²) in [5.74, 6) is 0. The lowest BCUT2D eigenvalue weighted by Crippen LogP contribution is -2.21. The summed E-state index contributed by atoms with van der Waals surface area (Å²) in [7, 11) is 2.01. The highest BCUT2D eigenvalue weighted by Gasteiger charge is 1.98. The lowest BCUT2D eigenvalue weighted by Gasteiger charge is -2.07. The monoisotopic (exact) mass is 169 g/mol. The van der Waals surface area contributed by atoms with Crippen LogP contribution in [0.15, 0.2) is 16.8 Å². The normalized spacial score (nSPS) is 13.3. The van der Waals surface area contributed by atoms with E-state index in [1.54, 1.807) is 11.3 Å². The Morgan fingerprint density at radius 2 is 2.45 bits per heavy atom. The molecule has 0 aliphatic carbocycles. The number of rotatable bonds is 4. The van der Waals surface area contributed by atoms with E-state index in [4.69, 9.17) is 0 Å². The maximum absolute atomic E-state index is 3.23. The molecule has 0 radical (unpaired) electrons. The van der Waals surface area contributed by atoms with Crippen molar-refractivity contribution in [1.82, 2.24) is 5.32 Å². The second kappa shape index (κ2) is 4.52. The standard InChI is InChI=1S/C9H15NS/c1-8(10-2)3-4-9-5-6-11-7-9/h5-8,10H,3-4H2,1-2H3. The second-order valence-corrected chi connectivity index (χ2v) is 3.64. The average Bonchev–Trinajstić information content (AvgIpc) is 2.52. The molecule has 1 rings (SSSR count). The van der Waals surface area contributed by atoms with E-state index in [0.717, 1.165) is 0 Å². The van der Waals surface area contributed by atoms with Gasteiger partial charge in [-0.2, -0.15) is 11.3 Å². The van der Waals surface area contributed by atoms with Crippen LogP contribution < -0.4 is 5.32 Å². The molecule has 1 unspecified atom stereocenters. The van der Waals surface area contributed by atoms with Crippen LogP contribution >= 0.6 is 11.3 Å². The SMILES string of the molecule is CNC(C)CCc1ccsc1. The molecule has 1 nitrogen and oxygen atoms in total. The zero-order valence-electron chi connectivity index (χ0n) is 7.13. The van der Waals surface area contributed by atoms with Crippen LogP contribution in [-0.2, 0) is 6.42 Å². The van der Waals surface area contributed by atoms with Gasteiger partial charge in [-0.15, -0.1) is 0 Å². The van der Waals surface area contributed by atoms with E-state index in [2.05, 4.69) is 29.1 Å². The predicted octanol–water partition coefficient (Wildman–Crippen LogP) is 2.29. The predicted molar refractivity (Wildman–Crippen MR) is 51.2 cm³/mol. The topological polar surface area (TPSA) is 12.0 Å². The maximum atomic E-state index is 3.23. The van der Waals surface area contributed by atoms with E-state index >= 15 is 0 Å². The summed E-state index contributed by atoms with van der Waals surface area (Å²) in [6.45, 7) is 2.21. The minimum absolute atomic E-state index is 0.634. The molecule has 2 heteroatoms. The van der Waals surface area contributed by atoms with Crippen LogP contribution in [0, 0.1) is 0 Å². The van der Waals surface area contributed by atoms with Crippen LogP contribution in [0.1, 0.15) is 18.9 Å². The van der Waals surface area contributed by atoms with Gasteiger partial charge in [-0.3, -0.25) is 0 Å². The quantitative estimate of drug-likeness (QED) is 0.729. The van der Waals surface area contributed by atoms with Crippen molar-refractivity contribution in [3.05, 3.63) is 22.4 Å². The molecule has 0 aliphatic rings. The summed E-state index contributed by atoms with van der Waals surface area (Å²) in [6, 6.07) is 2.84. The van der Waals surface area contributed by atoms with Crippen molar-refractivity contribution in [1.29, 1.82) is 0 Å². The lowest BCUT2D eigenvalue weighted by molar-refractivity contribution is 0.565. The van der Waals surface area contributed by atoms with Gasteiger partial charge in [-0.1, -0.05) is 0 Å². The van der Waals surface area contributed by atoms with Gasteiger partial charge in [0.05, 0.1) is 0 Å². The Labute approximate surface area is 72.4 Å². The molecule has 0 aromatic carbocycles. The van der Waals surface area contributed by atoms with E-state index in [-0.39, 0.29) is 0 Å². The van der Waals surface area contributed by atoms with Crippen molar-refractivity contribution in [3.8, 4) is 0 Å². The van der Waals surface area contributed by atoms with Gasteiger partial charge in [0.1, 0.15) is 0 Å². The molecule has 0 aliphatic heterocycles. The molecule has 1 heterocycles. The van der Waals surface area contributed by atoms with Crippen LogP contribution in [0.25, 0.3) is 0 Å². The first-order valence-electron chi connectivity index (χ1n) is 4.01. The fourth-order valence-electron chi connectivity index (χ4n) is 0.962. The van der Waals surface area contributed by atoms with Crippen LogP contribution in [0.4, 0.5) is 0 Å². The maximum Gasteiger partial charge on any atom is 0.00388 e. The summed E-state index contributed by atoms with van der Waals surface area (Å²) in [5, 5.41) is 7.59. The first-order chi connectivity index (χ1) is 5.33. The minimum Gasteiger partial charge on any atom is -0.317 e. The summed E-state index contributed by atoms with van der Waals surface area (Å²) in [4.78, 5) is 0. The number of hydrogen-bond donors (Lipinski definition) is 1. The van der Waals surface area contributed by atoms with E-state index in [0.29, 0.717) is 6.04 Å². The van der Waals surface area contributed by atoms with E-state index in [1.165, 1.54) is 18.4 Å². The molecule has 1 aromatic heterocycles. The molecule has 0 fully saturated rings. The molecule has 0 saturated carbocycles. The molecule has 0 bridgehead atoms. The van der Waals surface area contributed by atoms with E-state index in [9.17, 15) is 0 Å². The number of nitrogens with one attached hydrogen (secondary N) is 1. The Kier molecular flexibility index (Phi) is 3.60. The molecule has 62 valence electrons. The van der Waals surface area contributed by atoms with Crippen molar-refractivity contribution in [2.75, 3.05) is 7.05 Å². The van der Waals surface area contributed by atoms with Crippen molar-refractivity contribution >= 4 is 11.3 Å². The molecule has 11 heavy (non-hydrogen) atoms. The molecule has 1 atom stereocenters. The summed E-state index contributed by atoms with van der Waals surface area (Å²) in [6.07, 6.45) is 2.43. The first kappa shape index (κ1) is 8.75. The number of thiophene rings is 1. The summed E-state index contributed by atoms with van der Waals surface area (Å²) >= 11 is 1.78. The highest BCUT2D eigenvalue weighted by molar-refractivity contribution is 7.07.